The maximum absolute atomic E-state index is 12.2. The fraction of sp³-hybridized carbons (Fsp3) is 0.190. The van der Waals surface area contributed by atoms with Gasteiger partial charge < -0.3 is 19.2 Å². The number of hydrogen-bond acceptors (Lipinski definition) is 8. The third-order valence-corrected chi connectivity index (χ3v) is 4.60. The number of ether oxygens (including phenoxy) is 2. The molecule has 9 heteroatoms. The standard InChI is InChI=1S/C21H21N5O4/c1-12-9-14(10-17(28-3)18(12)29-4)23-20-22-11-13(2)19(24-20)25-26-15-7-5-6-8-16(15)30-21(26)27/h5-11H,1-4H3,(H2,22,23,24,25). The van der Waals surface area contributed by atoms with Gasteiger partial charge in [-0.2, -0.15) is 9.66 Å². The van der Waals surface area contributed by atoms with Crippen LogP contribution in [0.5, 0.6) is 11.5 Å². The second-order valence-electron chi connectivity index (χ2n) is 6.66. The van der Waals surface area contributed by atoms with Crippen molar-refractivity contribution in [3.8, 4) is 11.5 Å². The van der Waals surface area contributed by atoms with Crippen LogP contribution in [0.3, 0.4) is 0 Å². The highest BCUT2D eigenvalue weighted by molar-refractivity contribution is 5.73. The van der Waals surface area contributed by atoms with Crippen LogP contribution in [0.1, 0.15) is 11.1 Å². The van der Waals surface area contributed by atoms with Gasteiger partial charge in [-0.1, -0.05) is 12.1 Å². The second kappa shape index (κ2) is 7.78. The number of aromatic nitrogens is 3. The highest BCUT2D eigenvalue weighted by atomic mass is 16.5. The molecule has 2 heterocycles. The van der Waals surface area contributed by atoms with Gasteiger partial charge in [0, 0.05) is 23.5 Å². The van der Waals surface area contributed by atoms with Crippen molar-refractivity contribution in [2.24, 2.45) is 0 Å². The molecule has 0 bridgehead atoms. The zero-order valence-corrected chi connectivity index (χ0v) is 17.0. The molecule has 0 aliphatic rings. The number of rotatable bonds is 6. The van der Waals surface area contributed by atoms with E-state index >= 15 is 0 Å². The van der Waals surface area contributed by atoms with Gasteiger partial charge >= 0.3 is 5.76 Å². The van der Waals surface area contributed by atoms with Gasteiger partial charge in [-0.05, 0) is 37.6 Å². The Morgan fingerprint density at radius 1 is 1.07 bits per heavy atom. The molecule has 4 aromatic rings. The summed E-state index contributed by atoms with van der Waals surface area (Å²) in [6.07, 6.45) is 1.67. The Labute approximate surface area is 172 Å². The molecule has 9 nitrogen and oxygen atoms in total. The Hall–Kier alpha value is -4.01. The molecular formula is C21H21N5O4. The van der Waals surface area contributed by atoms with Gasteiger partial charge in [0.25, 0.3) is 0 Å². The maximum atomic E-state index is 12.2. The average Bonchev–Trinajstić information content (AvgIpc) is 3.05. The summed E-state index contributed by atoms with van der Waals surface area (Å²) in [5, 5.41) is 3.16. The van der Waals surface area contributed by atoms with Crippen molar-refractivity contribution < 1.29 is 13.9 Å². The second-order valence-corrected chi connectivity index (χ2v) is 6.66. The highest BCUT2D eigenvalue weighted by Crippen LogP contribution is 2.34. The maximum Gasteiger partial charge on any atom is 0.439 e. The molecular weight excluding hydrogens is 386 g/mol. The first-order valence-electron chi connectivity index (χ1n) is 9.21. The molecule has 0 fully saturated rings. The lowest BCUT2D eigenvalue weighted by Gasteiger charge is -2.14. The molecule has 0 aliphatic heterocycles. The monoisotopic (exact) mass is 407 g/mol. The van der Waals surface area contributed by atoms with Gasteiger partial charge in [-0.25, -0.2) is 9.78 Å². The third kappa shape index (κ3) is 3.52. The minimum absolute atomic E-state index is 0.357. The number of nitrogens with one attached hydrogen (secondary N) is 2. The quantitative estimate of drug-likeness (QED) is 0.499. The minimum atomic E-state index is -0.528. The van der Waals surface area contributed by atoms with E-state index in [4.69, 9.17) is 13.9 Å². The SMILES string of the molecule is COc1cc(Nc2ncc(C)c(Nn3c(=O)oc4ccccc43)n2)cc(C)c1OC. The van der Waals surface area contributed by atoms with Crippen LogP contribution in [0.4, 0.5) is 17.5 Å². The molecule has 0 aliphatic carbocycles. The number of anilines is 3. The summed E-state index contributed by atoms with van der Waals surface area (Å²) >= 11 is 0. The van der Waals surface area contributed by atoms with Crippen LogP contribution in [-0.2, 0) is 0 Å². The third-order valence-electron chi connectivity index (χ3n) is 4.60. The number of aryl methyl sites for hydroxylation is 2. The number of hydrogen-bond donors (Lipinski definition) is 2. The summed E-state index contributed by atoms with van der Waals surface area (Å²) in [6, 6.07) is 10.9. The Morgan fingerprint density at radius 3 is 2.63 bits per heavy atom. The molecule has 154 valence electrons. The average molecular weight is 407 g/mol. The Morgan fingerprint density at radius 2 is 1.87 bits per heavy atom. The van der Waals surface area contributed by atoms with Crippen molar-refractivity contribution in [3.63, 3.8) is 0 Å². The highest BCUT2D eigenvalue weighted by Gasteiger charge is 2.13. The van der Waals surface area contributed by atoms with E-state index in [2.05, 4.69) is 20.7 Å². The van der Waals surface area contributed by atoms with Crippen LogP contribution in [0.25, 0.3) is 11.1 Å². The molecule has 0 spiro atoms. The van der Waals surface area contributed by atoms with Crippen LogP contribution in [0.15, 0.2) is 51.8 Å². The topological polar surface area (TPSA) is 103 Å². The van der Waals surface area contributed by atoms with Crippen molar-refractivity contribution in [2.45, 2.75) is 13.8 Å². The molecule has 0 radical (unpaired) electrons. The first-order valence-corrected chi connectivity index (χ1v) is 9.21. The Bertz CT molecular complexity index is 1280. The normalized spacial score (nSPS) is 10.8. The van der Waals surface area contributed by atoms with Crippen molar-refractivity contribution in [1.29, 1.82) is 0 Å². The van der Waals surface area contributed by atoms with Crippen LogP contribution in [-0.4, -0.2) is 28.9 Å². The summed E-state index contributed by atoms with van der Waals surface area (Å²) in [6.45, 7) is 3.77. The Kier molecular flexibility index (Phi) is 5.01. The molecule has 0 saturated heterocycles. The predicted octanol–water partition coefficient (Wildman–Crippen LogP) is 3.64. The summed E-state index contributed by atoms with van der Waals surface area (Å²) in [7, 11) is 3.18. The van der Waals surface area contributed by atoms with E-state index < -0.39 is 5.76 Å². The van der Waals surface area contributed by atoms with E-state index in [1.54, 1.807) is 44.7 Å². The molecule has 0 atom stereocenters. The fourth-order valence-corrected chi connectivity index (χ4v) is 3.15. The van der Waals surface area contributed by atoms with E-state index in [1.165, 1.54) is 4.68 Å². The van der Waals surface area contributed by atoms with Crippen LogP contribution in [0, 0.1) is 13.8 Å². The van der Waals surface area contributed by atoms with Gasteiger partial charge in [0.2, 0.25) is 5.95 Å². The lowest BCUT2D eigenvalue weighted by Crippen LogP contribution is -2.23. The number of methoxy groups -OCH3 is 2. The van der Waals surface area contributed by atoms with Crippen molar-refractivity contribution in [3.05, 3.63) is 64.3 Å². The molecule has 2 aromatic carbocycles. The zero-order valence-electron chi connectivity index (χ0n) is 17.0. The van der Waals surface area contributed by atoms with Crippen molar-refractivity contribution >= 4 is 28.6 Å². The van der Waals surface area contributed by atoms with E-state index in [-0.39, 0.29) is 0 Å². The van der Waals surface area contributed by atoms with Gasteiger partial charge in [0.05, 0.1) is 14.2 Å². The zero-order chi connectivity index (χ0) is 21.3. The van der Waals surface area contributed by atoms with Crippen LogP contribution < -0.4 is 26.0 Å². The Balaban J connectivity index is 1.66. The van der Waals surface area contributed by atoms with Crippen LogP contribution >= 0.6 is 0 Å². The molecule has 2 N–H and O–H groups in total. The van der Waals surface area contributed by atoms with E-state index in [0.29, 0.717) is 34.4 Å². The van der Waals surface area contributed by atoms with E-state index in [9.17, 15) is 4.79 Å². The molecule has 0 saturated carbocycles. The van der Waals surface area contributed by atoms with Gasteiger partial charge in [0.15, 0.2) is 22.9 Å². The van der Waals surface area contributed by atoms with Gasteiger partial charge in [0.1, 0.15) is 5.52 Å². The molecule has 0 amide bonds. The molecule has 0 unspecified atom stereocenters. The number of fused-ring (bicyclic) bond motifs is 1. The van der Waals surface area contributed by atoms with Crippen LogP contribution in [0.2, 0.25) is 0 Å². The lowest BCUT2D eigenvalue weighted by atomic mass is 10.2. The number of oxazole rings is 1. The first kappa shape index (κ1) is 19.3. The number of nitrogens with zero attached hydrogens (tertiary/aromatic N) is 3. The smallest absolute Gasteiger partial charge is 0.439 e. The van der Waals surface area contributed by atoms with E-state index in [0.717, 1.165) is 16.8 Å². The number of benzene rings is 2. The largest absolute Gasteiger partial charge is 0.493 e. The fourth-order valence-electron chi connectivity index (χ4n) is 3.15. The van der Waals surface area contributed by atoms with E-state index in [1.807, 2.05) is 26.0 Å². The van der Waals surface area contributed by atoms with Crippen molar-refractivity contribution in [1.82, 2.24) is 14.6 Å². The molecule has 4 rings (SSSR count). The minimum Gasteiger partial charge on any atom is -0.493 e. The lowest BCUT2D eigenvalue weighted by molar-refractivity contribution is 0.353. The van der Waals surface area contributed by atoms with Crippen molar-refractivity contribution in [2.75, 3.05) is 25.0 Å². The first-order chi connectivity index (χ1) is 14.5. The van der Waals surface area contributed by atoms with Gasteiger partial charge in [-0.15, -0.1) is 0 Å². The summed E-state index contributed by atoms with van der Waals surface area (Å²) in [5.41, 5.74) is 6.53. The molecule has 2 aromatic heterocycles. The molecule has 30 heavy (non-hydrogen) atoms. The summed E-state index contributed by atoms with van der Waals surface area (Å²) in [4.78, 5) is 21.1. The predicted molar refractivity (Wildman–Crippen MR) is 114 cm³/mol. The number of para-hydroxylation sites is 2. The summed E-state index contributed by atoms with van der Waals surface area (Å²) in [5.74, 6) is 1.57. The van der Waals surface area contributed by atoms with Gasteiger partial charge in [-0.3, -0.25) is 5.43 Å². The summed E-state index contributed by atoms with van der Waals surface area (Å²) < 4.78 is 17.3.